The van der Waals surface area contributed by atoms with Gasteiger partial charge in [-0.1, -0.05) is 20.8 Å². The molecule has 0 aliphatic rings. The summed E-state index contributed by atoms with van der Waals surface area (Å²) >= 11 is 0. The van der Waals surface area contributed by atoms with E-state index in [0.717, 1.165) is 30.9 Å². The van der Waals surface area contributed by atoms with Crippen LogP contribution in [0.4, 0.5) is 0 Å². The molecule has 4 nitrogen and oxygen atoms in total. The Morgan fingerprint density at radius 2 is 2.12 bits per heavy atom. The molecule has 4 heteroatoms. The summed E-state index contributed by atoms with van der Waals surface area (Å²) in [6.07, 6.45) is 1.13. The van der Waals surface area contributed by atoms with Crippen molar-refractivity contribution in [2.45, 2.75) is 40.7 Å². The zero-order valence-electron chi connectivity index (χ0n) is 11.3. The van der Waals surface area contributed by atoms with Crippen molar-refractivity contribution in [2.24, 2.45) is 5.92 Å². The van der Waals surface area contributed by atoms with Crippen LogP contribution in [0.25, 0.3) is 0 Å². The quantitative estimate of drug-likeness (QED) is 0.739. The minimum atomic E-state index is 0.487. The predicted molar refractivity (Wildman–Crippen MR) is 69.1 cm³/mol. The molecular formula is C13H23N3O. The molecule has 0 atom stereocenters. The van der Waals surface area contributed by atoms with Crippen LogP contribution in [0.1, 0.15) is 38.6 Å². The first-order chi connectivity index (χ1) is 8.11. The van der Waals surface area contributed by atoms with Gasteiger partial charge in [0, 0.05) is 12.2 Å². The second-order valence-electron chi connectivity index (χ2n) is 4.66. The highest BCUT2D eigenvalue weighted by Gasteiger charge is 2.04. The Morgan fingerprint density at radius 3 is 2.76 bits per heavy atom. The van der Waals surface area contributed by atoms with Crippen molar-refractivity contribution in [3.8, 4) is 6.01 Å². The predicted octanol–water partition coefficient (Wildman–Crippen LogP) is 2.32. The molecule has 0 fully saturated rings. The minimum absolute atomic E-state index is 0.487. The minimum Gasteiger partial charge on any atom is -0.463 e. The molecule has 17 heavy (non-hydrogen) atoms. The van der Waals surface area contributed by atoms with E-state index >= 15 is 0 Å². The largest absolute Gasteiger partial charge is 0.463 e. The van der Waals surface area contributed by atoms with Gasteiger partial charge in [0.15, 0.2) is 0 Å². The van der Waals surface area contributed by atoms with Crippen LogP contribution in [-0.4, -0.2) is 23.1 Å². The molecule has 0 unspecified atom stereocenters. The lowest BCUT2D eigenvalue weighted by Crippen LogP contribution is -2.16. The number of rotatable bonds is 7. The van der Waals surface area contributed by atoms with Gasteiger partial charge in [0.2, 0.25) is 0 Å². The van der Waals surface area contributed by atoms with Crippen LogP contribution in [0, 0.1) is 12.8 Å². The Kier molecular flexibility index (Phi) is 5.91. The smallest absolute Gasteiger partial charge is 0.316 e. The first kappa shape index (κ1) is 13.9. The second-order valence-corrected chi connectivity index (χ2v) is 4.66. The molecule has 96 valence electrons. The number of hydrogen-bond acceptors (Lipinski definition) is 4. The van der Waals surface area contributed by atoms with Crippen LogP contribution in [-0.2, 0) is 6.54 Å². The summed E-state index contributed by atoms with van der Waals surface area (Å²) in [6.45, 7) is 10.8. The number of aromatic nitrogens is 2. The summed E-state index contributed by atoms with van der Waals surface area (Å²) in [5.74, 6) is 0.487. The molecule has 0 radical (unpaired) electrons. The fourth-order valence-corrected chi connectivity index (χ4v) is 1.39. The van der Waals surface area contributed by atoms with Crippen molar-refractivity contribution in [2.75, 3.05) is 13.2 Å². The maximum Gasteiger partial charge on any atom is 0.316 e. The molecule has 1 rings (SSSR count). The molecule has 0 aliphatic heterocycles. The van der Waals surface area contributed by atoms with Crippen molar-refractivity contribution in [1.29, 1.82) is 0 Å². The lowest BCUT2D eigenvalue weighted by molar-refractivity contribution is 0.249. The number of aryl methyl sites for hydroxylation is 1. The molecule has 0 spiro atoms. The topological polar surface area (TPSA) is 47.0 Å². The highest BCUT2D eigenvalue weighted by molar-refractivity contribution is 5.12. The molecule has 1 heterocycles. The Bertz CT molecular complexity index is 339. The van der Waals surface area contributed by atoms with Crippen LogP contribution >= 0.6 is 0 Å². The van der Waals surface area contributed by atoms with E-state index in [1.54, 1.807) is 0 Å². The van der Waals surface area contributed by atoms with E-state index in [-0.39, 0.29) is 0 Å². The third-order valence-electron chi connectivity index (χ3n) is 2.17. The summed E-state index contributed by atoms with van der Waals surface area (Å²) in [4.78, 5) is 8.65. The van der Waals surface area contributed by atoms with Crippen LogP contribution in [0.15, 0.2) is 6.07 Å². The van der Waals surface area contributed by atoms with Gasteiger partial charge in [-0.05, 0) is 31.9 Å². The third-order valence-corrected chi connectivity index (χ3v) is 2.17. The standard InChI is InChI=1S/C13H23N3O/c1-5-6-14-8-12-7-11(4)15-13(16-12)17-9-10(2)3/h7,10,14H,5-6,8-9H2,1-4H3. The first-order valence-corrected chi connectivity index (χ1v) is 6.30. The number of nitrogens with one attached hydrogen (secondary N) is 1. The van der Waals surface area contributed by atoms with Crippen molar-refractivity contribution in [3.63, 3.8) is 0 Å². The van der Waals surface area contributed by atoms with E-state index in [9.17, 15) is 0 Å². The van der Waals surface area contributed by atoms with E-state index in [1.165, 1.54) is 0 Å². The van der Waals surface area contributed by atoms with E-state index < -0.39 is 0 Å². The Balaban J connectivity index is 2.59. The highest BCUT2D eigenvalue weighted by Crippen LogP contribution is 2.08. The Hall–Kier alpha value is -1.16. The SMILES string of the molecule is CCCNCc1cc(C)nc(OCC(C)C)n1. The van der Waals surface area contributed by atoms with Gasteiger partial charge < -0.3 is 10.1 Å². The highest BCUT2D eigenvalue weighted by atomic mass is 16.5. The van der Waals surface area contributed by atoms with E-state index in [4.69, 9.17) is 4.74 Å². The van der Waals surface area contributed by atoms with Gasteiger partial charge in [0.25, 0.3) is 0 Å². The molecular weight excluding hydrogens is 214 g/mol. The van der Waals surface area contributed by atoms with Crippen molar-refractivity contribution < 1.29 is 4.74 Å². The van der Waals surface area contributed by atoms with Crippen molar-refractivity contribution in [3.05, 3.63) is 17.5 Å². The summed E-state index contributed by atoms with van der Waals surface area (Å²) in [5, 5.41) is 3.32. The lowest BCUT2D eigenvalue weighted by Gasteiger charge is -2.09. The van der Waals surface area contributed by atoms with Gasteiger partial charge in [-0.2, -0.15) is 4.98 Å². The Labute approximate surface area is 104 Å². The maximum atomic E-state index is 5.55. The monoisotopic (exact) mass is 237 g/mol. The summed E-state index contributed by atoms with van der Waals surface area (Å²) in [6, 6.07) is 2.48. The maximum absolute atomic E-state index is 5.55. The zero-order chi connectivity index (χ0) is 12.7. The normalized spacial score (nSPS) is 10.9. The van der Waals surface area contributed by atoms with Crippen LogP contribution in [0.3, 0.4) is 0 Å². The fraction of sp³-hybridized carbons (Fsp3) is 0.692. The zero-order valence-corrected chi connectivity index (χ0v) is 11.3. The third kappa shape index (κ3) is 5.63. The van der Waals surface area contributed by atoms with Gasteiger partial charge in [0.1, 0.15) is 0 Å². The molecule has 0 bridgehead atoms. The van der Waals surface area contributed by atoms with Crippen molar-refractivity contribution >= 4 is 0 Å². The van der Waals surface area contributed by atoms with Crippen molar-refractivity contribution in [1.82, 2.24) is 15.3 Å². The van der Waals surface area contributed by atoms with E-state index in [1.807, 2.05) is 13.0 Å². The van der Waals surface area contributed by atoms with Gasteiger partial charge in [-0.25, -0.2) is 4.98 Å². The number of hydrogen-bond donors (Lipinski definition) is 1. The van der Waals surface area contributed by atoms with Gasteiger partial charge in [-0.15, -0.1) is 0 Å². The summed E-state index contributed by atoms with van der Waals surface area (Å²) in [7, 11) is 0. The summed E-state index contributed by atoms with van der Waals surface area (Å²) in [5.41, 5.74) is 1.94. The molecule has 1 aromatic rings. The number of ether oxygens (including phenoxy) is 1. The van der Waals surface area contributed by atoms with Gasteiger partial charge >= 0.3 is 6.01 Å². The van der Waals surface area contributed by atoms with E-state index in [2.05, 4.69) is 36.1 Å². The molecule has 0 aliphatic carbocycles. The first-order valence-electron chi connectivity index (χ1n) is 6.30. The van der Waals surface area contributed by atoms with Crippen LogP contribution < -0.4 is 10.1 Å². The lowest BCUT2D eigenvalue weighted by atomic mass is 10.2. The molecule has 0 saturated heterocycles. The molecule has 0 amide bonds. The van der Waals surface area contributed by atoms with Gasteiger partial charge in [-0.3, -0.25) is 0 Å². The average molecular weight is 237 g/mol. The Morgan fingerprint density at radius 1 is 1.35 bits per heavy atom. The average Bonchev–Trinajstić information content (AvgIpc) is 2.26. The molecule has 0 saturated carbocycles. The van der Waals surface area contributed by atoms with Crippen LogP contribution in [0.2, 0.25) is 0 Å². The second kappa shape index (κ2) is 7.22. The summed E-state index contributed by atoms with van der Waals surface area (Å²) < 4.78 is 5.55. The molecule has 1 N–H and O–H groups in total. The number of nitrogens with zero attached hydrogens (tertiary/aromatic N) is 2. The van der Waals surface area contributed by atoms with E-state index in [0.29, 0.717) is 18.5 Å². The van der Waals surface area contributed by atoms with Crippen LogP contribution in [0.5, 0.6) is 6.01 Å². The molecule has 1 aromatic heterocycles. The van der Waals surface area contributed by atoms with Gasteiger partial charge in [0.05, 0.1) is 12.3 Å². The molecule has 0 aromatic carbocycles. The fourth-order valence-electron chi connectivity index (χ4n) is 1.39.